The maximum atomic E-state index is 12.0. The van der Waals surface area contributed by atoms with Crippen LogP contribution in [0.25, 0.3) is 0 Å². The third-order valence-electron chi connectivity index (χ3n) is 2.98. The van der Waals surface area contributed by atoms with Gasteiger partial charge in [0.1, 0.15) is 6.10 Å². The maximum absolute atomic E-state index is 12.0. The van der Waals surface area contributed by atoms with Crippen LogP contribution in [0.2, 0.25) is 0 Å². The summed E-state index contributed by atoms with van der Waals surface area (Å²) in [5.41, 5.74) is 0. The zero-order valence-electron chi connectivity index (χ0n) is 9.61. The zero-order valence-corrected chi connectivity index (χ0v) is 10.4. The van der Waals surface area contributed by atoms with Crippen LogP contribution in [0.1, 0.15) is 32.1 Å². The molecule has 0 aliphatic heterocycles. The lowest BCUT2D eigenvalue weighted by Crippen LogP contribution is -2.38. The van der Waals surface area contributed by atoms with Crippen molar-refractivity contribution in [1.82, 2.24) is 4.72 Å². The highest BCUT2D eigenvalue weighted by atomic mass is 32.2. The molecule has 0 bridgehead atoms. The van der Waals surface area contributed by atoms with E-state index < -0.39 is 29.1 Å². The first-order valence-electron chi connectivity index (χ1n) is 5.84. The number of aliphatic hydroxyl groups is 1. The summed E-state index contributed by atoms with van der Waals surface area (Å²) in [5, 5.41) is 8.82. The summed E-state index contributed by atoms with van der Waals surface area (Å²) in [6.45, 7) is -0.618. The van der Waals surface area contributed by atoms with Gasteiger partial charge in [-0.3, -0.25) is 0 Å². The Balaban J connectivity index is 2.34. The summed E-state index contributed by atoms with van der Waals surface area (Å²) in [7, 11) is -3.55. The van der Waals surface area contributed by atoms with Crippen LogP contribution in [0, 0.1) is 5.92 Å². The van der Waals surface area contributed by atoms with E-state index in [1.165, 1.54) is 0 Å². The normalized spacial score (nSPS) is 20.7. The van der Waals surface area contributed by atoms with Crippen molar-refractivity contribution in [3.05, 3.63) is 0 Å². The molecule has 1 unspecified atom stereocenters. The van der Waals surface area contributed by atoms with Gasteiger partial charge < -0.3 is 5.11 Å². The molecule has 0 amide bonds. The van der Waals surface area contributed by atoms with Crippen molar-refractivity contribution >= 4 is 10.0 Å². The number of hydrogen-bond acceptors (Lipinski definition) is 3. The minimum Gasteiger partial charge on any atom is -0.386 e. The van der Waals surface area contributed by atoms with Crippen LogP contribution in [0.5, 0.6) is 0 Å². The van der Waals surface area contributed by atoms with Crippen molar-refractivity contribution in [2.24, 2.45) is 5.92 Å². The summed E-state index contributed by atoms with van der Waals surface area (Å²) in [6.07, 6.45) is 0.0770. The third-order valence-corrected chi connectivity index (χ3v) is 4.50. The Bertz CT molecular complexity index is 316. The van der Waals surface area contributed by atoms with E-state index in [1.807, 2.05) is 4.72 Å². The van der Waals surface area contributed by atoms with E-state index in [4.69, 9.17) is 5.11 Å². The molecule has 0 heterocycles. The van der Waals surface area contributed by atoms with Crippen molar-refractivity contribution in [2.45, 2.75) is 44.6 Å². The molecule has 0 aromatic heterocycles. The van der Waals surface area contributed by atoms with Crippen LogP contribution in [0.15, 0.2) is 0 Å². The number of nitrogens with one attached hydrogen (secondary N) is 1. The topological polar surface area (TPSA) is 66.4 Å². The molecule has 17 heavy (non-hydrogen) atoms. The molecule has 2 N–H and O–H groups in total. The fraction of sp³-hybridized carbons (Fsp3) is 1.00. The average molecular weight is 271 g/mol. The van der Waals surface area contributed by atoms with Crippen LogP contribution >= 0.6 is 0 Å². The predicted molar refractivity (Wildman–Crippen MR) is 60.4 cm³/mol. The lowest BCUT2D eigenvalue weighted by molar-refractivity contribution is -0.000463. The first-order valence-corrected chi connectivity index (χ1v) is 7.49. The maximum Gasteiger partial charge on any atom is 0.265 e. The number of rotatable bonds is 6. The molecule has 0 aromatic rings. The highest BCUT2D eigenvalue weighted by Gasteiger charge is 2.23. The second kappa shape index (κ2) is 6.61. The van der Waals surface area contributed by atoms with Crippen molar-refractivity contribution in [1.29, 1.82) is 0 Å². The summed E-state index contributed by atoms with van der Waals surface area (Å²) in [6, 6.07) is 0. The monoisotopic (exact) mass is 271 g/mol. The number of sulfonamides is 1. The molecular formula is C10H19F2NO3S. The molecule has 102 valence electrons. The van der Waals surface area contributed by atoms with Gasteiger partial charge in [0.25, 0.3) is 6.43 Å². The quantitative estimate of drug-likeness (QED) is 0.760. The predicted octanol–water partition coefficient (Wildman–Crippen LogP) is 1.11. The van der Waals surface area contributed by atoms with E-state index in [0.717, 1.165) is 32.1 Å². The fourth-order valence-electron chi connectivity index (χ4n) is 2.02. The largest absolute Gasteiger partial charge is 0.386 e. The molecule has 1 saturated carbocycles. The second-order valence-corrected chi connectivity index (χ2v) is 6.39. The minimum absolute atomic E-state index is 0.0248. The molecule has 1 rings (SSSR count). The van der Waals surface area contributed by atoms with Gasteiger partial charge in [0.05, 0.1) is 5.75 Å². The molecule has 1 aliphatic carbocycles. The van der Waals surface area contributed by atoms with Gasteiger partial charge >= 0.3 is 0 Å². The Labute approximate surface area is 100 Å². The summed E-state index contributed by atoms with van der Waals surface area (Å²) < 4.78 is 49.1. The van der Waals surface area contributed by atoms with Crippen molar-refractivity contribution in [3.8, 4) is 0 Å². The van der Waals surface area contributed by atoms with Gasteiger partial charge in [-0.05, 0) is 18.8 Å². The van der Waals surface area contributed by atoms with Crippen LogP contribution in [-0.4, -0.2) is 38.4 Å². The molecule has 1 atom stereocenters. The molecule has 7 heteroatoms. The Kier molecular flexibility index (Phi) is 5.75. The first-order chi connectivity index (χ1) is 7.91. The summed E-state index contributed by atoms with van der Waals surface area (Å²) in [5.74, 6) is 0.0908. The molecule has 1 fully saturated rings. The van der Waals surface area contributed by atoms with Crippen molar-refractivity contribution < 1.29 is 22.3 Å². The van der Waals surface area contributed by atoms with Crippen LogP contribution in [0.4, 0.5) is 8.78 Å². The Morgan fingerprint density at radius 2 is 1.82 bits per heavy atom. The smallest absolute Gasteiger partial charge is 0.265 e. The fourth-order valence-corrected chi connectivity index (χ4v) is 3.52. The zero-order chi connectivity index (χ0) is 12.9. The van der Waals surface area contributed by atoms with Crippen LogP contribution in [0.3, 0.4) is 0 Å². The minimum atomic E-state index is -3.55. The van der Waals surface area contributed by atoms with Gasteiger partial charge in [0.15, 0.2) is 0 Å². The van der Waals surface area contributed by atoms with Crippen molar-refractivity contribution in [3.63, 3.8) is 0 Å². The van der Waals surface area contributed by atoms with Gasteiger partial charge in [-0.15, -0.1) is 0 Å². The number of alkyl halides is 2. The Hall–Kier alpha value is -0.270. The molecule has 0 radical (unpaired) electrons. The van der Waals surface area contributed by atoms with E-state index in [-0.39, 0.29) is 11.7 Å². The van der Waals surface area contributed by atoms with Crippen LogP contribution in [-0.2, 0) is 10.0 Å². The van der Waals surface area contributed by atoms with E-state index in [0.29, 0.717) is 0 Å². The third kappa shape index (κ3) is 5.74. The molecule has 0 saturated heterocycles. The van der Waals surface area contributed by atoms with Crippen molar-refractivity contribution in [2.75, 3.05) is 12.3 Å². The SMILES string of the molecule is O=S(=O)(CC1CCCCC1)NCC(O)C(F)F. The standard InChI is InChI=1S/C10H19F2NO3S/c11-10(12)9(14)6-13-17(15,16)7-8-4-2-1-3-5-8/h8-10,13-14H,1-7H2. The Morgan fingerprint density at radius 1 is 1.24 bits per heavy atom. The van der Waals surface area contributed by atoms with Crippen LogP contribution < -0.4 is 4.72 Å². The van der Waals surface area contributed by atoms with Gasteiger partial charge in [0, 0.05) is 6.54 Å². The average Bonchev–Trinajstić information content (AvgIpc) is 2.26. The lowest BCUT2D eigenvalue weighted by atomic mass is 9.91. The Morgan fingerprint density at radius 3 is 2.35 bits per heavy atom. The molecule has 0 aromatic carbocycles. The highest BCUT2D eigenvalue weighted by molar-refractivity contribution is 7.89. The van der Waals surface area contributed by atoms with Gasteiger partial charge in [-0.1, -0.05) is 19.3 Å². The van der Waals surface area contributed by atoms with E-state index >= 15 is 0 Å². The number of aliphatic hydroxyl groups excluding tert-OH is 1. The first kappa shape index (κ1) is 14.8. The van der Waals surface area contributed by atoms with Gasteiger partial charge in [-0.25, -0.2) is 21.9 Å². The van der Waals surface area contributed by atoms with Gasteiger partial charge in [0.2, 0.25) is 10.0 Å². The second-order valence-electron chi connectivity index (χ2n) is 4.54. The lowest BCUT2D eigenvalue weighted by Gasteiger charge is -2.21. The molecular weight excluding hydrogens is 252 g/mol. The van der Waals surface area contributed by atoms with E-state index in [1.54, 1.807) is 0 Å². The molecule has 4 nitrogen and oxygen atoms in total. The summed E-state index contributed by atoms with van der Waals surface area (Å²) >= 11 is 0. The van der Waals surface area contributed by atoms with E-state index in [9.17, 15) is 17.2 Å². The van der Waals surface area contributed by atoms with E-state index in [2.05, 4.69) is 0 Å². The molecule has 1 aliphatic rings. The number of halogens is 2. The number of hydrogen-bond donors (Lipinski definition) is 2. The van der Waals surface area contributed by atoms with Gasteiger partial charge in [-0.2, -0.15) is 0 Å². The highest BCUT2D eigenvalue weighted by Crippen LogP contribution is 2.24. The summed E-state index contributed by atoms with van der Waals surface area (Å²) in [4.78, 5) is 0. The molecule has 0 spiro atoms.